The predicted octanol–water partition coefficient (Wildman–Crippen LogP) is 3.72. The highest BCUT2D eigenvalue weighted by Gasteiger charge is 2.50. The molecular weight excluding hydrogens is 440 g/mol. The number of nitrogens with zero attached hydrogens (tertiary/aromatic N) is 3. The van der Waals surface area contributed by atoms with Crippen molar-refractivity contribution in [3.05, 3.63) is 64.6 Å². The van der Waals surface area contributed by atoms with Crippen LogP contribution in [0.15, 0.2) is 53.5 Å². The number of nitrogens with two attached hydrogens (primary N) is 1. The summed E-state index contributed by atoms with van der Waals surface area (Å²) >= 11 is 0. The van der Waals surface area contributed by atoms with Crippen molar-refractivity contribution in [3.63, 3.8) is 0 Å². The Morgan fingerprint density at radius 1 is 1.12 bits per heavy atom. The Morgan fingerprint density at radius 2 is 1.85 bits per heavy atom. The van der Waals surface area contributed by atoms with Crippen molar-refractivity contribution in [1.29, 1.82) is 0 Å². The summed E-state index contributed by atoms with van der Waals surface area (Å²) in [6, 6.07) is 12.6. The average Bonchev–Trinajstić information content (AvgIpc) is 3.31. The average molecular weight is 461 g/mol. The normalized spacial score (nSPS) is 21.3. The zero-order valence-corrected chi connectivity index (χ0v) is 18.1. The molecule has 1 aliphatic carbocycles. The second kappa shape index (κ2) is 7.31. The molecule has 2 atom stereocenters. The first kappa shape index (κ1) is 20.7. The number of halogens is 2. The van der Waals surface area contributed by atoms with Gasteiger partial charge in [0.25, 0.3) is 5.91 Å². The molecule has 1 amide bonds. The fraction of sp³-hybridized carbons (Fsp3) is 0.280. The summed E-state index contributed by atoms with van der Waals surface area (Å²) in [5.41, 5.74) is 7.37. The molecule has 6 rings (SSSR count). The van der Waals surface area contributed by atoms with E-state index in [1.165, 1.54) is 12.3 Å². The number of primary amides is 1. The number of alkyl halides is 2. The maximum atomic E-state index is 13.9. The van der Waals surface area contributed by atoms with Crippen LogP contribution >= 0.6 is 0 Å². The maximum absolute atomic E-state index is 13.9. The summed E-state index contributed by atoms with van der Waals surface area (Å²) in [7, 11) is 0. The number of anilines is 1. The molecular formula is C25H21F2N5O2. The van der Waals surface area contributed by atoms with Crippen molar-refractivity contribution in [1.82, 2.24) is 15.0 Å². The first-order chi connectivity index (χ1) is 16.3. The van der Waals surface area contributed by atoms with Crippen LogP contribution in [0.5, 0.6) is 0 Å². The molecule has 1 saturated heterocycles. The lowest BCUT2D eigenvalue weighted by Gasteiger charge is -2.23. The van der Waals surface area contributed by atoms with Crippen molar-refractivity contribution in [2.24, 2.45) is 17.6 Å². The van der Waals surface area contributed by atoms with Gasteiger partial charge in [-0.15, -0.1) is 0 Å². The molecule has 7 nitrogen and oxygen atoms in total. The van der Waals surface area contributed by atoms with Crippen molar-refractivity contribution in [2.75, 3.05) is 18.0 Å². The molecule has 1 aromatic carbocycles. The number of carbonyl (C=O) groups is 1. The summed E-state index contributed by atoms with van der Waals surface area (Å²) < 4.78 is 27.8. The van der Waals surface area contributed by atoms with Gasteiger partial charge in [0.15, 0.2) is 5.43 Å². The molecule has 4 aromatic rings. The van der Waals surface area contributed by atoms with E-state index in [0.717, 1.165) is 10.9 Å². The summed E-state index contributed by atoms with van der Waals surface area (Å²) in [6.45, 7) is 0.984. The summed E-state index contributed by atoms with van der Waals surface area (Å²) in [5, 5.41) is 1.02. The SMILES string of the molecule is NC(=O)c1nccc2[nH]c(-c3cc4ccccc4nc3N3C[C@H]4CC(F)(F)C[C@@H]4C3)cc(=O)c12. The predicted molar refractivity (Wildman–Crippen MR) is 125 cm³/mol. The molecule has 2 fully saturated rings. The van der Waals surface area contributed by atoms with Gasteiger partial charge >= 0.3 is 0 Å². The number of aromatic amines is 1. The van der Waals surface area contributed by atoms with Gasteiger partial charge in [-0.3, -0.25) is 14.6 Å². The Morgan fingerprint density at radius 3 is 2.59 bits per heavy atom. The number of hydrogen-bond acceptors (Lipinski definition) is 5. The third-order valence-electron chi connectivity index (χ3n) is 6.97. The lowest BCUT2D eigenvalue weighted by Crippen LogP contribution is -2.26. The first-order valence-corrected chi connectivity index (χ1v) is 11.1. The van der Waals surface area contributed by atoms with Gasteiger partial charge in [-0.05, 0) is 30.0 Å². The van der Waals surface area contributed by atoms with Crippen molar-refractivity contribution >= 4 is 33.5 Å². The Labute approximate surface area is 192 Å². The third kappa shape index (κ3) is 3.30. The van der Waals surface area contributed by atoms with Crippen LogP contribution in [0.25, 0.3) is 33.1 Å². The van der Waals surface area contributed by atoms with Crippen LogP contribution in [0, 0.1) is 11.8 Å². The van der Waals surface area contributed by atoms with Gasteiger partial charge in [0.05, 0.1) is 22.1 Å². The number of fused-ring (bicyclic) bond motifs is 3. The van der Waals surface area contributed by atoms with E-state index in [9.17, 15) is 18.4 Å². The van der Waals surface area contributed by atoms with Gasteiger partial charge < -0.3 is 15.6 Å². The van der Waals surface area contributed by atoms with E-state index < -0.39 is 11.8 Å². The summed E-state index contributed by atoms with van der Waals surface area (Å²) in [6.07, 6.45) is 1.21. The molecule has 34 heavy (non-hydrogen) atoms. The van der Waals surface area contributed by atoms with Crippen LogP contribution < -0.4 is 16.1 Å². The zero-order chi connectivity index (χ0) is 23.6. The quantitative estimate of drug-likeness (QED) is 0.484. The van der Waals surface area contributed by atoms with E-state index in [0.29, 0.717) is 35.7 Å². The second-order valence-electron chi connectivity index (χ2n) is 9.24. The molecule has 1 aliphatic heterocycles. The smallest absolute Gasteiger partial charge is 0.268 e. The lowest BCUT2D eigenvalue weighted by molar-refractivity contribution is 0.00172. The number of carbonyl (C=O) groups excluding carboxylic acids is 1. The molecule has 3 aromatic heterocycles. The van der Waals surface area contributed by atoms with Crippen LogP contribution in [-0.4, -0.2) is 39.9 Å². The van der Waals surface area contributed by atoms with E-state index in [4.69, 9.17) is 10.7 Å². The number of hydrogen-bond donors (Lipinski definition) is 2. The van der Waals surface area contributed by atoms with Gasteiger partial charge in [0.2, 0.25) is 5.92 Å². The van der Waals surface area contributed by atoms with Gasteiger partial charge in [0.1, 0.15) is 11.5 Å². The molecule has 0 radical (unpaired) electrons. The van der Waals surface area contributed by atoms with Crippen LogP contribution in [-0.2, 0) is 0 Å². The van der Waals surface area contributed by atoms with Crippen LogP contribution in [0.2, 0.25) is 0 Å². The molecule has 172 valence electrons. The fourth-order valence-corrected chi connectivity index (χ4v) is 5.50. The van der Waals surface area contributed by atoms with E-state index in [2.05, 4.69) is 14.9 Å². The van der Waals surface area contributed by atoms with Gasteiger partial charge in [-0.2, -0.15) is 0 Å². The molecule has 0 spiro atoms. The number of para-hydroxylation sites is 1. The third-order valence-corrected chi connectivity index (χ3v) is 6.97. The molecule has 4 heterocycles. The molecule has 9 heteroatoms. The number of nitrogens with one attached hydrogen (secondary N) is 1. The molecule has 0 unspecified atom stereocenters. The van der Waals surface area contributed by atoms with E-state index >= 15 is 0 Å². The van der Waals surface area contributed by atoms with Crippen molar-refractivity contribution in [2.45, 2.75) is 18.8 Å². The minimum atomic E-state index is -2.60. The number of H-pyrrole nitrogens is 1. The van der Waals surface area contributed by atoms with Crippen LogP contribution in [0.3, 0.4) is 0 Å². The van der Waals surface area contributed by atoms with E-state index in [-0.39, 0.29) is 41.2 Å². The van der Waals surface area contributed by atoms with Crippen LogP contribution in [0.4, 0.5) is 14.6 Å². The Balaban J connectivity index is 1.52. The van der Waals surface area contributed by atoms with Gasteiger partial charge in [0, 0.05) is 49.1 Å². The van der Waals surface area contributed by atoms with Crippen molar-refractivity contribution in [3.8, 4) is 11.3 Å². The number of benzene rings is 1. The standard InChI is InChI=1S/C25H21F2N5O2/c26-25(27)9-14-11-32(12-15(14)10-25)24-16(7-13-3-1-2-4-17(13)31-24)19-8-20(33)21-18(30-19)5-6-29-22(21)23(28)34/h1-8,14-15H,9-12H2,(H2,28,34)(H,30,33)/t14-,15-/m1/s1. The fourth-order valence-electron chi connectivity index (χ4n) is 5.50. The Hall–Kier alpha value is -3.88. The number of amides is 1. The van der Waals surface area contributed by atoms with E-state index in [1.807, 2.05) is 30.3 Å². The molecule has 1 saturated carbocycles. The largest absolute Gasteiger partial charge is 0.364 e. The first-order valence-electron chi connectivity index (χ1n) is 11.1. The van der Waals surface area contributed by atoms with Gasteiger partial charge in [-0.1, -0.05) is 18.2 Å². The van der Waals surface area contributed by atoms with E-state index in [1.54, 1.807) is 6.07 Å². The van der Waals surface area contributed by atoms with Crippen molar-refractivity contribution < 1.29 is 13.6 Å². The summed E-state index contributed by atoms with van der Waals surface area (Å²) in [4.78, 5) is 38.9. The number of pyridine rings is 3. The highest BCUT2D eigenvalue weighted by molar-refractivity contribution is 6.04. The molecule has 3 N–H and O–H groups in total. The van der Waals surface area contributed by atoms with Crippen LogP contribution in [0.1, 0.15) is 23.3 Å². The lowest BCUT2D eigenvalue weighted by atomic mass is 10.0. The highest BCUT2D eigenvalue weighted by Crippen LogP contribution is 2.48. The Kier molecular flexibility index (Phi) is 4.45. The summed E-state index contributed by atoms with van der Waals surface area (Å²) in [5.74, 6) is -2.91. The maximum Gasteiger partial charge on any atom is 0.268 e. The van der Waals surface area contributed by atoms with Gasteiger partial charge in [-0.25, -0.2) is 13.8 Å². The zero-order valence-electron chi connectivity index (χ0n) is 18.1. The molecule has 2 aliphatic rings. The minimum absolute atomic E-state index is 0.0871. The highest BCUT2D eigenvalue weighted by atomic mass is 19.3. The topological polar surface area (TPSA) is 105 Å². The Bertz CT molecular complexity index is 1520. The molecule has 0 bridgehead atoms. The second-order valence-corrected chi connectivity index (χ2v) is 9.24. The minimum Gasteiger partial charge on any atom is -0.364 e. The monoisotopic (exact) mass is 461 g/mol. The number of rotatable bonds is 3. The number of aromatic nitrogens is 3.